The van der Waals surface area contributed by atoms with Gasteiger partial charge in [-0.15, -0.1) is 0 Å². The van der Waals surface area contributed by atoms with Crippen LogP contribution in [0.3, 0.4) is 0 Å². The molecule has 4 nitrogen and oxygen atoms in total. The van der Waals surface area contributed by atoms with Gasteiger partial charge in [-0.2, -0.15) is 0 Å². The Bertz CT molecular complexity index is 401. The van der Waals surface area contributed by atoms with E-state index in [4.69, 9.17) is 11.6 Å². The molecule has 1 atom stereocenters. The summed E-state index contributed by atoms with van der Waals surface area (Å²) in [5.74, 6) is 1.22. The van der Waals surface area contributed by atoms with E-state index >= 15 is 0 Å². The van der Waals surface area contributed by atoms with Crippen molar-refractivity contribution in [2.24, 2.45) is 5.92 Å². The second-order valence-electron chi connectivity index (χ2n) is 4.33. The van der Waals surface area contributed by atoms with E-state index in [2.05, 4.69) is 16.9 Å². The average molecular weight is 240 g/mol. The maximum atomic E-state index is 11.6. The Morgan fingerprint density at radius 3 is 2.88 bits per heavy atom. The summed E-state index contributed by atoms with van der Waals surface area (Å²) in [7, 11) is 0. The quantitative estimate of drug-likeness (QED) is 0.740. The molecule has 86 valence electrons. The van der Waals surface area contributed by atoms with Crippen molar-refractivity contribution in [3.8, 4) is 0 Å². The average Bonchev–Trinajstić information content (AvgIpc) is 2.43. The number of hydrogen-bond donors (Lipinski definition) is 0. The summed E-state index contributed by atoms with van der Waals surface area (Å²) < 4.78 is 0. The van der Waals surface area contributed by atoms with Gasteiger partial charge >= 0.3 is 0 Å². The molecule has 2 heterocycles. The van der Waals surface area contributed by atoms with Crippen molar-refractivity contribution < 1.29 is 4.79 Å². The molecule has 1 amide bonds. The molecule has 0 N–H and O–H groups in total. The number of aromatic nitrogens is 2. The summed E-state index contributed by atoms with van der Waals surface area (Å²) in [4.78, 5) is 21.8. The molecule has 0 bridgehead atoms. The molecule has 1 saturated heterocycles. The van der Waals surface area contributed by atoms with E-state index in [9.17, 15) is 4.79 Å². The van der Waals surface area contributed by atoms with E-state index < -0.39 is 0 Å². The van der Waals surface area contributed by atoms with Gasteiger partial charge in [0.15, 0.2) is 0 Å². The summed E-state index contributed by atoms with van der Waals surface area (Å²) in [6.07, 6.45) is 0.625. The third-order valence-corrected chi connectivity index (χ3v) is 2.80. The Kier molecular flexibility index (Phi) is 3.10. The molecule has 5 heteroatoms. The summed E-state index contributed by atoms with van der Waals surface area (Å²) in [6, 6.07) is 1.71. The van der Waals surface area contributed by atoms with Gasteiger partial charge in [0.05, 0.1) is 6.54 Å². The van der Waals surface area contributed by atoms with E-state index in [0.29, 0.717) is 29.9 Å². The van der Waals surface area contributed by atoms with Gasteiger partial charge in [-0.25, -0.2) is 9.97 Å². The van der Waals surface area contributed by atoms with Crippen LogP contribution in [0.2, 0.25) is 5.15 Å². The molecule has 0 radical (unpaired) electrons. The third kappa shape index (κ3) is 2.50. The lowest BCUT2D eigenvalue weighted by Crippen LogP contribution is -2.25. The van der Waals surface area contributed by atoms with E-state index in [0.717, 1.165) is 12.2 Å². The van der Waals surface area contributed by atoms with Crippen molar-refractivity contribution in [3.63, 3.8) is 0 Å². The number of carbonyl (C=O) groups is 1. The first-order valence-corrected chi connectivity index (χ1v) is 5.70. The van der Waals surface area contributed by atoms with Crippen molar-refractivity contribution in [2.45, 2.75) is 26.8 Å². The Labute approximate surface area is 99.6 Å². The highest BCUT2D eigenvalue weighted by Crippen LogP contribution is 2.18. The second-order valence-corrected chi connectivity index (χ2v) is 4.72. The Hall–Kier alpha value is -1.16. The first-order valence-electron chi connectivity index (χ1n) is 5.32. The molecule has 1 aliphatic rings. The number of nitrogens with zero attached hydrogens (tertiary/aromatic N) is 3. The van der Waals surface area contributed by atoms with Gasteiger partial charge in [0.25, 0.3) is 0 Å². The molecule has 0 saturated carbocycles. The van der Waals surface area contributed by atoms with Gasteiger partial charge < -0.3 is 4.90 Å². The van der Waals surface area contributed by atoms with Crippen molar-refractivity contribution in [2.75, 3.05) is 6.54 Å². The van der Waals surface area contributed by atoms with Gasteiger partial charge in [0, 0.05) is 18.7 Å². The number of carbonyl (C=O) groups excluding carboxylic acids is 1. The fourth-order valence-corrected chi connectivity index (χ4v) is 2.21. The van der Waals surface area contributed by atoms with E-state index in [1.54, 1.807) is 11.0 Å². The maximum absolute atomic E-state index is 11.6. The number of aryl methyl sites for hydroxylation is 1. The summed E-state index contributed by atoms with van der Waals surface area (Å²) in [5, 5.41) is 0.433. The Morgan fingerprint density at radius 1 is 1.56 bits per heavy atom. The Morgan fingerprint density at radius 2 is 2.31 bits per heavy atom. The maximum Gasteiger partial charge on any atom is 0.223 e. The van der Waals surface area contributed by atoms with E-state index in [1.165, 1.54) is 0 Å². The molecule has 1 aromatic rings. The van der Waals surface area contributed by atoms with Crippen molar-refractivity contribution in [1.29, 1.82) is 0 Å². The summed E-state index contributed by atoms with van der Waals surface area (Å²) in [6.45, 7) is 5.19. The van der Waals surface area contributed by atoms with Crippen LogP contribution in [0.15, 0.2) is 6.07 Å². The van der Waals surface area contributed by atoms with Crippen molar-refractivity contribution in [1.82, 2.24) is 14.9 Å². The van der Waals surface area contributed by atoms with E-state index in [-0.39, 0.29) is 5.91 Å². The summed E-state index contributed by atoms with van der Waals surface area (Å²) >= 11 is 5.85. The lowest BCUT2D eigenvalue weighted by molar-refractivity contribution is -0.128. The predicted molar refractivity (Wildman–Crippen MR) is 61.0 cm³/mol. The number of halogens is 1. The minimum absolute atomic E-state index is 0.175. The van der Waals surface area contributed by atoms with Crippen LogP contribution >= 0.6 is 11.6 Å². The van der Waals surface area contributed by atoms with Crippen LogP contribution in [0, 0.1) is 12.8 Å². The zero-order valence-electron chi connectivity index (χ0n) is 9.40. The molecule has 1 aliphatic heterocycles. The van der Waals surface area contributed by atoms with Crippen LogP contribution in [0.1, 0.15) is 24.9 Å². The molecule has 16 heavy (non-hydrogen) atoms. The highest BCUT2D eigenvalue weighted by Gasteiger charge is 2.26. The van der Waals surface area contributed by atoms with Crippen LogP contribution in [0.4, 0.5) is 0 Å². The molecular weight excluding hydrogens is 226 g/mol. The van der Waals surface area contributed by atoms with Crippen molar-refractivity contribution in [3.05, 3.63) is 22.7 Å². The molecule has 2 rings (SSSR count). The van der Waals surface area contributed by atoms with Crippen LogP contribution in [0.5, 0.6) is 0 Å². The number of amides is 1. The molecular formula is C11H14ClN3O. The van der Waals surface area contributed by atoms with Crippen LogP contribution in [0.25, 0.3) is 0 Å². The highest BCUT2D eigenvalue weighted by molar-refractivity contribution is 6.29. The lowest BCUT2D eigenvalue weighted by Gasteiger charge is -2.15. The molecule has 0 aliphatic carbocycles. The van der Waals surface area contributed by atoms with Gasteiger partial charge in [-0.05, 0) is 18.9 Å². The SMILES string of the molecule is Cc1cc(Cl)nc(CN2CC(C)CC2=O)n1. The third-order valence-electron chi connectivity index (χ3n) is 2.61. The highest BCUT2D eigenvalue weighted by atomic mass is 35.5. The molecule has 1 aromatic heterocycles. The van der Waals surface area contributed by atoms with E-state index in [1.807, 2.05) is 6.92 Å². The van der Waals surface area contributed by atoms with Crippen LogP contribution < -0.4 is 0 Å². The normalized spacial score (nSPS) is 20.6. The lowest BCUT2D eigenvalue weighted by atomic mass is 10.2. The van der Waals surface area contributed by atoms with Gasteiger partial charge in [0.2, 0.25) is 5.91 Å². The standard InChI is InChI=1S/C11H14ClN3O/c1-7-3-11(16)15(5-7)6-10-13-8(2)4-9(12)14-10/h4,7H,3,5-6H2,1-2H3. The zero-order valence-corrected chi connectivity index (χ0v) is 10.2. The molecule has 1 unspecified atom stereocenters. The van der Waals surface area contributed by atoms with Gasteiger partial charge in [0.1, 0.15) is 11.0 Å². The fraction of sp³-hybridized carbons (Fsp3) is 0.545. The Balaban J connectivity index is 2.12. The monoisotopic (exact) mass is 239 g/mol. The number of rotatable bonds is 2. The van der Waals surface area contributed by atoms with Gasteiger partial charge in [-0.1, -0.05) is 18.5 Å². The minimum atomic E-state index is 0.175. The van der Waals surface area contributed by atoms with Crippen LogP contribution in [-0.2, 0) is 11.3 Å². The smallest absolute Gasteiger partial charge is 0.223 e. The first-order chi connectivity index (χ1) is 7.54. The zero-order chi connectivity index (χ0) is 11.7. The molecule has 1 fully saturated rings. The fourth-order valence-electron chi connectivity index (χ4n) is 1.95. The minimum Gasteiger partial charge on any atom is -0.335 e. The number of hydrogen-bond acceptors (Lipinski definition) is 3. The van der Waals surface area contributed by atoms with Crippen LogP contribution in [-0.4, -0.2) is 27.3 Å². The number of likely N-dealkylation sites (tertiary alicyclic amines) is 1. The van der Waals surface area contributed by atoms with Gasteiger partial charge in [-0.3, -0.25) is 4.79 Å². The molecule has 0 spiro atoms. The largest absolute Gasteiger partial charge is 0.335 e. The topological polar surface area (TPSA) is 46.1 Å². The second kappa shape index (κ2) is 4.37. The predicted octanol–water partition coefficient (Wildman–Crippen LogP) is 1.81. The summed E-state index contributed by atoms with van der Waals surface area (Å²) in [5.41, 5.74) is 0.828. The first kappa shape index (κ1) is 11.3. The van der Waals surface area contributed by atoms with Crippen molar-refractivity contribution >= 4 is 17.5 Å². The molecule has 0 aromatic carbocycles.